The standard InChI is InChI=1S/C22H20N4O3S2/c1-14(21(27)25-16-9-11-18(12-10-16)31(23,28)29)24-17-6-4-5-15(13-17)22-26-19-7-2-3-8-20(19)30-22/h2-14,24H,1H3,(H,25,27)(H2,23,28,29). The lowest BCUT2D eigenvalue weighted by atomic mass is 10.2. The van der Waals surface area contributed by atoms with Gasteiger partial charge in [0.05, 0.1) is 15.1 Å². The van der Waals surface area contributed by atoms with Crippen molar-refractivity contribution < 1.29 is 13.2 Å². The molecular formula is C22H20N4O3S2. The van der Waals surface area contributed by atoms with Gasteiger partial charge in [-0.1, -0.05) is 24.3 Å². The minimum absolute atomic E-state index is 0.0108. The molecular weight excluding hydrogens is 432 g/mol. The summed E-state index contributed by atoms with van der Waals surface area (Å²) in [5.74, 6) is -0.256. The van der Waals surface area contributed by atoms with Crippen molar-refractivity contribution in [2.24, 2.45) is 5.14 Å². The van der Waals surface area contributed by atoms with Gasteiger partial charge in [0.25, 0.3) is 0 Å². The predicted molar refractivity (Wildman–Crippen MR) is 125 cm³/mol. The van der Waals surface area contributed by atoms with Crippen molar-refractivity contribution in [3.63, 3.8) is 0 Å². The molecule has 0 saturated carbocycles. The third-order valence-electron chi connectivity index (χ3n) is 4.63. The highest BCUT2D eigenvalue weighted by molar-refractivity contribution is 7.89. The summed E-state index contributed by atoms with van der Waals surface area (Å²) in [5, 5.41) is 12.0. The van der Waals surface area contributed by atoms with Crippen molar-refractivity contribution in [1.82, 2.24) is 4.98 Å². The molecule has 158 valence electrons. The maximum Gasteiger partial charge on any atom is 0.246 e. The maximum atomic E-state index is 12.5. The second kappa shape index (κ2) is 8.46. The molecule has 1 heterocycles. The van der Waals surface area contributed by atoms with Gasteiger partial charge in [0.2, 0.25) is 15.9 Å². The minimum atomic E-state index is -3.77. The monoisotopic (exact) mass is 452 g/mol. The van der Waals surface area contributed by atoms with Gasteiger partial charge in [-0.05, 0) is 55.5 Å². The van der Waals surface area contributed by atoms with Crippen molar-refractivity contribution >= 4 is 48.9 Å². The minimum Gasteiger partial charge on any atom is -0.374 e. The number of carbonyl (C=O) groups excluding carboxylic acids is 1. The summed E-state index contributed by atoms with van der Waals surface area (Å²) >= 11 is 1.62. The first-order valence-corrected chi connectivity index (χ1v) is 11.8. The Morgan fingerprint density at radius 1 is 1.00 bits per heavy atom. The average Bonchev–Trinajstić information content (AvgIpc) is 3.18. The molecule has 0 saturated heterocycles. The molecule has 0 spiro atoms. The van der Waals surface area contributed by atoms with Gasteiger partial charge in [0, 0.05) is 16.9 Å². The zero-order valence-corrected chi connectivity index (χ0v) is 18.2. The molecule has 0 fully saturated rings. The van der Waals surface area contributed by atoms with Gasteiger partial charge in [-0.2, -0.15) is 0 Å². The van der Waals surface area contributed by atoms with E-state index in [2.05, 4.69) is 15.6 Å². The number of anilines is 2. The molecule has 0 bridgehead atoms. The Morgan fingerprint density at radius 2 is 1.74 bits per heavy atom. The van der Waals surface area contributed by atoms with Gasteiger partial charge >= 0.3 is 0 Å². The molecule has 0 radical (unpaired) electrons. The summed E-state index contributed by atoms with van der Waals surface area (Å²) in [5.41, 5.74) is 3.21. The summed E-state index contributed by atoms with van der Waals surface area (Å²) in [6.07, 6.45) is 0. The normalized spacial score (nSPS) is 12.5. The fourth-order valence-electron chi connectivity index (χ4n) is 3.03. The van der Waals surface area contributed by atoms with Crippen molar-refractivity contribution in [3.05, 3.63) is 72.8 Å². The first-order chi connectivity index (χ1) is 14.8. The number of rotatable bonds is 6. The molecule has 3 aromatic carbocycles. The van der Waals surface area contributed by atoms with Crippen molar-refractivity contribution in [2.75, 3.05) is 10.6 Å². The second-order valence-corrected chi connectivity index (χ2v) is 9.58. The van der Waals surface area contributed by atoms with Gasteiger partial charge in [-0.3, -0.25) is 4.79 Å². The van der Waals surface area contributed by atoms with Crippen molar-refractivity contribution in [2.45, 2.75) is 17.9 Å². The number of amides is 1. The molecule has 9 heteroatoms. The highest BCUT2D eigenvalue weighted by Crippen LogP contribution is 2.31. The summed E-state index contributed by atoms with van der Waals surface area (Å²) in [6.45, 7) is 1.75. The number of hydrogen-bond donors (Lipinski definition) is 3. The molecule has 31 heavy (non-hydrogen) atoms. The first-order valence-electron chi connectivity index (χ1n) is 9.46. The molecule has 7 nitrogen and oxygen atoms in total. The van der Waals surface area contributed by atoms with E-state index in [-0.39, 0.29) is 10.8 Å². The predicted octanol–water partition coefficient (Wildman–Crippen LogP) is 4.05. The number of nitrogens with zero attached hydrogens (tertiary/aromatic N) is 1. The molecule has 1 atom stereocenters. The maximum absolute atomic E-state index is 12.5. The van der Waals surface area contributed by atoms with Gasteiger partial charge in [-0.15, -0.1) is 11.3 Å². The molecule has 4 aromatic rings. The topological polar surface area (TPSA) is 114 Å². The van der Waals surface area contributed by atoms with Crippen LogP contribution in [0.1, 0.15) is 6.92 Å². The molecule has 0 aliphatic rings. The summed E-state index contributed by atoms with van der Waals surface area (Å²) in [4.78, 5) is 17.2. The van der Waals surface area contributed by atoms with Crippen LogP contribution in [0.5, 0.6) is 0 Å². The van der Waals surface area contributed by atoms with Crippen LogP contribution in [0.3, 0.4) is 0 Å². The molecule has 4 rings (SSSR count). The number of carbonyl (C=O) groups is 1. The van der Waals surface area contributed by atoms with Crippen LogP contribution in [0.4, 0.5) is 11.4 Å². The quantitative estimate of drug-likeness (QED) is 0.408. The smallest absolute Gasteiger partial charge is 0.246 e. The number of benzene rings is 3. The van der Waals surface area contributed by atoms with Crippen LogP contribution in [-0.4, -0.2) is 25.4 Å². The van der Waals surface area contributed by atoms with Crippen LogP contribution < -0.4 is 15.8 Å². The Balaban J connectivity index is 1.45. The second-order valence-electron chi connectivity index (χ2n) is 6.99. The molecule has 4 N–H and O–H groups in total. The van der Waals surface area contributed by atoms with Crippen LogP contribution >= 0.6 is 11.3 Å². The summed E-state index contributed by atoms with van der Waals surface area (Å²) < 4.78 is 23.8. The number of thiazole rings is 1. The largest absolute Gasteiger partial charge is 0.374 e. The Hall–Kier alpha value is -3.27. The van der Waals surface area contributed by atoms with E-state index in [0.29, 0.717) is 5.69 Å². The van der Waals surface area contributed by atoms with E-state index >= 15 is 0 Å². The number of para-hydroxylation sites is 1. The number of sulfonamides is 1. The van der Waals surface area contributed by atoms with Crippen molar-refractivity contribution in [1.29, 1.82) is 0 Å². The number of nitrogens with one attached hydrogen (secondary N) is 2. The Kier molecular flexibility index (Phi) is 5.73. The summed E-state index contributed by atoms with van der Waals surface area (Å²) in [7, 11) is -3.77. The van der Waals surface area contributed by atoms with E-state index in [1.54, 1.807) is 18.3 Å². The fourth-order valence-corrected chi connectivity index (χ4v) is 4.51. The number of aromatic nitrogens is 1. The van der Waals surface area contributed by atoms with Crippen LogP contribution in [-0.2, 0) is 14.8 Å². The van der Waals surface area contributed by atoms with Gasteiger partial charge in [-0.25, -0.2) is 18.5 Å². The van der Waals surface area contributed by atoms with Gasteiger partial charge in [0.1, 0.15) is 11.0 Å². The number of primary sulfonamides is 1. The van der Waals surface area contributed by atoms with E-state index in [0.717, 1.165) is 26.5 Å². The lowest BCUT2D eigenvalue weighted by Crippen LogP contribution is -2.31. The summed E-state index contributed by atoms with van der Waals surface area (Å²) in [6, 6.07) is 20.9. The number of fused-ring (bicyclic) bond motifs is 1. The van der Waals surface area contributed by atoms with E-state index in [4.69, 9.17) is 5.14 Å². The van der Waals surface area contributed by atoms with E-state index in [9.17, 15) is 13.2 Å². The molecule has 1 amide bonds. The molecule has 0 aliphatic heterocycles. The van der Waals surface area contributed by atoms with Gasteiger partial charge < -0.3 is 10.6 Å². The first kappa shape index (κ1) is 21.0. The fraction of sp³-hybridized carbons (Fsp3) is 0.0909. The van der Waals surface area contributed by atoms with E-state index < -0.39 is 16.1 Å². The number of hydrogen-bond acceptors (Lipinski definition) is 6. The van der Waals surface area contributed by atoms with Crippen LogP contribution in [0.2, 0.25) is 0 Å². The van der Waals surface area contributed by atoms with Gasteiger partial charge in [0.15, 0.2) is 0 Å². The Morgan fingerprint density at radius 3 is 2.45 bits per heavy atom. The third kappa shape index (κ3) is 4.91. The van der Waals surface area contributed by atoms with E-state index in [1.807, 2.05) is 48.5 Å². The van der Waals surface area contributed by atoms with Crippen LogP contribution in [0, 0.1) is 0 Å². The highest BCUT2D eigenvalue weighted by Gasteiger charge is 2.15. The average molecular weight is 453 g/mol. The SMILES string of the molecule is CC(Nc1cccc(-c2nc3ccccc3s2)c1)C(=O)Nc1ccc(S(N)(=O)=O)cc1. The van der Waals surface area contributed by atoms with Crippen LogP contribution in [0.15, 0.2) is 77.7 Å². The molecule has 1 unspecified atom stereocenters. The Labute approximate surface area is 184 Å². The Bertz CT molecular complexity index is 1320. The van der Waals surface area contributed by atoms with Crippen molar-refractivity contribution in [3.8, 4) is 10.6 Å². The van der Waals surface area contributed by atoms with Crippen LogP contribution in [0.25, 0.3) is 20.8 Å². The zero-order chi connectivity index (χ0) is 22.0. The highest BCUT2D eigenvalue weighted by atomic mass is 32.2. The molecule has 0 aliphatic carbocycles. The third-order valence-corrected chi connectivity index (χ3v) is 6.64. The zero-order valence-electron chi connectivity index (χ0n) is 16.6. The number of nitrogens with two attached hydrogens (primary N) is 1. The lowest BCUT2D eigenvalue weighted by molar-refractivity contribution is -0.116. The van der Waals surface area contributed by atoms with E-state index in [1.165, 1.54) is 24.3 Å². The lowest BCUT2D eigenvalue weighted by Gasteiger charge is -2.16. The molecule has 1 aromatic heterocycles.